The van der Waals surface area contributed by atoms with Crippen molar-refractivity contribution in [3.05, 3.63) is 46.3 Å². The number of pyridine rings is 1. The van der Waals surface area contributed by atoms with Crippen LogP contribution in [0.1, 0.15) is 0 Å². The van der Waals surface area contributed by atoms with E-state index in [0.29, 0.717) is 21.9 Å². The number of rotatable bonds is 1. The lowest BCUT2D eigenvalue weighted by molar-refractivity contribution is 0.618. The van der Waals surface area contributed by atoms with Crippen LogP contribution >= 0.6 is 23.2 Å². The summed E-state index contributed by atoms with van der Waals surface area (Å²) in [6, 6.07) is 6.05. The summed E-state index contributed by atoms with van der Waals surface area (Å²) in [5.41, 5.74) is 6.44. The van der Waals surface area contributed by atoms with Gasteiger partial charge in [0.15, 0.2) is 11.4 Å². The second-order valence-electron chi connectivity index (χ2n) is 3.94. The molecule has 19 heavy (non-hydrogen) atoms. The summed E-state index contributed by atoms with van der Waals surface area (Å²) < 4.78 is 19.1. The second kappa shape index (κ2) is 4.40. The second-order valence-corrected chi connectivity index (χ2v) is 4.73. The number of aromatic nitrogens is 1. The maximum atomic E-state index is 13.5. The van der Waals surface area contributed by atoms with Crippen LogP contribution in [0.4, 0.5) is 10.2 Å². The van der Waals surface area contributed by atoms with Crippen molar-refractivity contribution >= 4 is 40.0 Å². The van der Waals surface area contributed by atoms with Gasteiger partial charge in [-0.2, -0.15) is 0 Å². The van der Waals surface area contributed by atoms with Gasteiger partial charge in [0, 0.05) is 11.6 Å². The smallest absolute Gasteiger partial charge is 0.176 e. The first kappa shape index (κ1) is 12.3. The zero-order chi connectivity index (χ0) is 13.6. The van der Waals surface area contributed by atoms with Crippen LogP contribution in [0.3, 0.4) is 0 Å². The van der Waals surface area contributed by atoms with E-state index < -0.39 is 5.82 Å². The molecule has 0 amide bonds. The Balaban J connectivity index is 2.31. The molecule has 0 aliphatic rings. The van der Waals surface area contributed by atoms with E-state index in [4.69, 9.17) is 33.4 Å². The van der Waals surface area contributed by atoms with E-state index in [0.717, 1.165) is 5.39 Å². The first-order valence-electron chi connectivity index (χ1n) is 5.36. The number of benzene rings is 1. The molecule has 3 nitrogen and oxygen atoms in total. The summed E-state index contributed by atoms with van der Waals surface area (Å²) >= 11 is 12.0. The van der Waals surface area contributed by atoms with Crippen molar-refractivity contribution in [1.29, 1.82) is 0 Å². The van der Waals surface area contributed by atoms with Crippen LogP contribution in [-0.2, 0) is 0 Å². The van der Waals surface area contributed by atoms with Crippen LogP contribution in [-0.4, -0.2) is 4.98 Å². The molecule has 1 aromatic carbocycles. The van der Waals surface area contributed by atoms with Crippen LogP contribution in [0.5, 0.6) is 0 Å². The molecule has 0 spiro atoms. The van der Waals surface area contributed by atoms with E-state index in [1.807, 2.05) is 0 Å². The normalized spacial score (nSPS) is 11.1. The number of hydrogen-bond acceptors (Lipinski definition) is 3. The number of anilines is 1. The van der Waals surface area contributed by atoms with Crippen LogP contribution < -0.4 is 5.73 Å². The fourth-order valence-electron chi connectivity index (χ4n) is 1.86. The summed E-state index contributed by atoms with van der Waals surface area (Å²) in [6.45, 7) is 0. The fourth-order valence-corrected chi connectivity index (χ4v) is 2.42. The van der Waals surface area contributed by atoms with E-state index in [1.165, 1.54) is 12.1 Å². The minimum absolute atomic E-state index is 0.0851. The molecule has 96 valence electrons. The molecule has 0 bridgehead atoms. The van der Waals surface area contributed by atoms with Gasteiger partial charge in [0.1, 0.15) is 11.6 Å². The van der Waals surface area contributed by atoms with E-state index in [2.05, 4.69) is 4.98 Å². The highest BCUT2D eigenvalue weighted by Gasteiger charge is 2.17. The molecule has 3 aromatic rings. The van der Waals surface area contributed by atoms with Crippen molar-refractivity contribution in [3.8, 4) is 11.3 Å². The van der Waals surface area contributed by atoms with E-state index in [1.54, 1.807) is 18.3 Å². The summed E-state index contributed by atoms with van der Waals surface area (Å²) in [5.74, 6) is 0.0456. The van der Waals surface area contributed by atoms with Crippen molar-refractivity contribution < 1.29 is 8.81 Å². The molecule has 6 heteroatoms. The number of fused-ring (bicyclic) bond motifs is 1. The first-order chi connectivity index (χ1) is 9.08. The average Bonchev–Trinajstić information content (AvgIpc) is 2.80. The third kappa shape index (κ3) is 1.93. The average molecular weight is 297 g/mol. The quantitative estimate of drug-likeness (QED) is 0.672. The summed E-state index contributed by atoms with van der Waals surface area (Å²) in [4.78, 5) is 3.92. The van der Waals surface area contributed by atoms with Gasteiger partial charge >= 0.3 is 0 Å². The molecule has 0 saturated heterocycles. The van der Waals surface area contributed by atoms with Crippen molar-refractivity contribution in [2.75, 3.05) is 5.73 Å². The Bertz CT molecular complexity index is 786. The number of nitrogens with zero attached hydrogens (tertiary/aromatic N) is 1. The lowest BCUT2D eigenvalue weighted by atomic mass is 10.1. The van der Waals surface area contributed by atoms with Gasteiger partial charge < -0.3 is 10.2 Å². The Morgan fingerprint density at radius 3 is 2.74 bits per heavy atom. The highest BCUT2D eigenvalue weighted by molar-refractivity contribution is 6.39. The van der Waals surface area contributed by atoms with Gasteiger partial charge in [-0.3, -0.25) is 0 Å². The number of hydrogen-bond donors (Lipinski definition) is 1. The minimum Gasteiger partial charge on any atom is -0.452 e. The molecule has 2 heterocycles. The van der Waals surface area contributed by atoms with Gasteiger partial charge in [-0.15, -0.1) is 0 Å². The topological polar surface area (TPSA) is 52.0 Å². The van der Waals surface area contributed by atoms with E-state index in [9.17, 15) is 4.39 Å². The monoisotopic (exact) mass is 296 g/mol. The van der Waals surface area contributed by atoms with Crippen LogP contribution in [0.2, 0.25) is 10.0 Å². The van der Waals surface area contributed by atoms with Gasteiger partial charge in [0.2, 0.25) is 0 Å². The Kier molecular flexibility index (Phi) is 2.84. The van der Waals surface area contributed by atoms with Gasteiger partial charge in [0.05, 0.1) is 15.6 Å². The molecular formula is C13H7Cl2FN2O. The van der Waals surface area contributed by atoms with Crippen molar-refractivity contribution in [1.82, 2.24) is 4.98 Å². The van der Waals surface area contributed by atoms with E-state index in [-0.39, 0.29) is 10.8 Å². The number of furan rings is 1. The third-order valence-corrected chi connectivity index (χ3v) is 3.44. The molecule has 3 rings (SSSR count). The minimum atomic E-state index is -0.562. The van der Waals surface area contributed by atoms with Crippen molar-refractivity contribution in [2.24, 2.45) is 0 Å². The van der Waals surface area contributed by atoms with Crippen LogP contribution in [0, 0.1) is 5.82 Å². The number of nitrogens with two attached hydrogens (primary N) is 1. The molecule has 0 aliphatic heterocycles. The van der Waals surface area contributed by atoms with Gasteiger partial charge in [-0.1, -0.05) is 23.2 Å². The highest BCUT2D eigenvalue weighted by atomic mass is 35.5. The standard InChI is InChI=1S/C13H7Cl2FN2O/c14-7-1-2-8(16)11(15)10(7)9-5-6-3-4-18-13(17)12(6)19-9/h1-5H,(H2,17,18). The van der Waals surface area contributed by atoms with Crippen molar-refractivity contribution in [3.63, 3.8) is 0 Å². The Morgan fingerprint density at radius 2 is 2.00 bits per heavy atom. The van der Waals surface area contributed by atoms with Gasteiger partial charge in [0.25, 0.3) is 0 Å². The molecular weight excluding hydrogens is 290 g/mol. The Hall–Kier alpha value is -1.78. The van der Waals surface area contributed by atoms with Gasteiger partial charge in [-0.25, -0.2) is 9.37 Å². The zero-order valence-corrected chi connectivity index (χ0v) is 11.0. The zero-order valence-electron chi connectivity index (χ0n) is 9.45. The maximum absolute atomic E-state index is 13.5. The number of nitrogen functional groups attached to an aromatic ring is 1. The molecule has 2 aromatic heterocycles. The van der Waals surface area contributed by atoms with Crippen LogP contribution in [0.25, 0.3) is 22.3 Å². The predicted octanol–water partition coefficient (Wildman–Crippen LogP) is 4.52. The third-order valence-electron chi connectivity index (χ3n) is 2.75. The predicted molar refractivity (Wildman–Crippen MR) is 73.8 cm³/mol. The molecule has 0 atom stereocenters. The molecule has 0 radical (unpaired) electrons. The fraction of sp³-hybridized carbons (Fsp3) is 0. The molecule has 0 saturated carbocycles. The summed E-state index contributed by atoms with van der Waals surface area (Å²) in [6.07, 6.45) is 1.56. The van der Waals surface area contributed by atoms with Crippen LogP contribution in [0.15, 0.2) is 34.9 Å². The first-order valence-corrected chi connectivity index (χ1v) is 6.11. The molecule has 2 N–H and O–H groups in total. The largest absolute Gasteiger partial charge is 0.452 e. The van der Waals surface area contributed by atoms with E-state index >= 15 is 0 Å². The highest BCUT2D eigenvalue weighted by Crippen LogP contribution is 2.39. The molecule has 0 aliphatic carbocycles. The Morgan fingerprint density at radius 1 is 1.21 bits per heavy atom. The van der Waals surface area contributed by atoms with Crippen molar-refractivity contribution in [2.45, 2.75) is 0 Å². The SMILES string of the molecule is Nc1nccc2cc(-c3c(Cl)ccc(F)c3Cl)oc12. The molecule has 0 unspecified atom stereocenters. The number of halogens is 3. The maximum Gasteiger partial charge on any atom is 0.176 e. The lowest BCUT2D eigenvalue weighted by Crippen LogP contribution is -1.87. The molecule has 0 fully saturated rings. The Labute approximate surface area is 117 Å². The lowest BCUT2D eigenvalue weighted by Gasteiger charge is -2.04. The van der Waals surface area contributed by atoms with Gasteiger partial charge in [-0.05, 0) is 24.3 Å². The summed E-state index contributed by atoms with van der Waals surface area (Å²) in [7, 11) is 0. The summed E-state index contributed by atoms with van der Waals surface area (Å²) in [5, 5.41) is 0.967.